The summed E-state index contributed by atoms with van der Waals surface area (Å²) in [6.07, 6.45) is -2.71. The summed E-state index contributed by atoms with van der Waals surface area (Å²) in [5.41, 5.74) is 5.17. The average molecular weight is 277 g/mol. The van der Waals surface area contributed by atoms with Crippen molar-refractivity contribution in [2.24, 2.45) is 0 Å². The molecule has 0 aromatic heterocycles. The Bertz CT molecular complexity index is 456. The topological polar surface area (TPSA) is 95.6 Å². The summed E-state index contributed by atoms with van der Waals surface area (Å²) in [7, 11) is 0. The summed E-state index contributed by atoms with van der Waals surface area (Å²) in [6.45, 7) is 1.10. The van der Waals surface area contributed by atoms with Crippen LogP contribution in [0.15, 0.2) is 12.1 Å². The lowest BCUT2D eigenvalue weighted by atomic mass is 10.0. The van der Waals surface area contributed by atoms with E-state index in [1.54, 1.807) is 0 Å². The predicted octanol–water partition coefficient (Wildman–Crippen LogP) is 0.592. The van der Waals surface area contributed by atoms with E-state index in [9.17, 15) is 19.4 Å². The molecular formula is C11H14ClFN2O3. The number of rotatable bonds is 4. The standard InChI is InChI=1S/C11H14ClFN2O3/c1-5(16)15-4-10(17)11(18)6-2-8(13)9(14)3-7(6)12/h2-3,10-11,17-18H,4,14H2,1H3,(H,15,16). The largest absolute Gasteiger partial charge is 0.396 e. The molecule has 18 heavy (non-hydrogen) atoms. The first-order chi connectivity index (χ1) is 8.32. The number of carbonyl (C=O) groups is 1. The fraction of sp³-hybridized carbons (Fsp3) is 0.364. The van der Waals surface area contributed by atoms with Gasteiger partial charge in [0.05, 0.1) is 5.69 Å². The number of hydrogen-bond acceptors (Lipinski definition) is 4. The van der Waals surface area contributed by atoms with Crippen LogP contribution < -0.4 is 11.1 Å². The van der Waals surface area contributed by atoms with Crippen LogP contribution in [-0.2, 0) is 4.79 Å². The molecule has 0 heterocycles. The fourth-order valence-electron chi connectivity index (χ4n) is 1.37. The van der Waals surface area contributed by atoms with Gasteiger partial charge >= 0.3 is 0 Å². The van der Waals surface area contributed by atoms with Gasteiger partial charge < -0.3 is 21.3 Å². The molecule has 1 aromatic carbocycles. The Morgan fingerprint density at radius 1 is 1.56 bits per heavy atom. The molecule has 1 aromatic rings. The summed E-state index contributed by atoms with van der Waals surface area (Å²) in [4.78, 5) is 10.7. The first-order valence-corrected chi connectivity index (χ1v) is 5.55. The number of carbonyl (C=O) groups excluding carboxylic acids is 1. The van der Waals surface area contributed by atoms with Gasteiger partial charge in [0.1, 0.15) is 18.0 Å². The normalized spacial score (nSPS) is 14.1. The third kappa shape index (κ3) is 3.56. The molecule has 100 valence electrons. The van der Waals surface area contributed by atoms with E-state index in [1.807, 2.05) is 0 Å². The third-order valence-electron chi connectivity index (χ3n) is 2.36. The smallest absolute Gasteiger partial charge is 0.216 e. The molecule has 0 spiro atoms. The van der Waals surface area contributed by atoms with Crippen LogP contribution in [0.1, 0.15) is 18.6 Å². The van der Waals surface area contributed by atoms with Crippen molar-refractivity contribution < 1.29 is 19.4 Å². The number of aliphatic hydroxyl groups is 2. The minimum absolute atomic E-state index is 0.0150. The highest BCUT2D eigenvalue weighted by Gasteiger charge is 2.22. The maximum Gasteiger partial charge on any atom is 0.216 e. The number of nitrogen functional groups attached to an aromatic ring is 1. The second-order valence-corrected chi connectivity index (χ2v) is 4.25. The van der Waals surface area contributed by atoms with Crippen molar-refractivity contribution in [1.29, 1.82) is 0 Å². The molecule has 0 saturated heterocycles. The van der Waals surface area contributed by atoms with E-state index in [2.05, 4.69) is 5.32 Å². The van der Waals surface area contributed by atoms with E-state index in [0.29, 0.717) is 0 Å². The first kappa shape index (κ1) is 14.7. The van der Waals surface area contributed by atoms with Crippen LogP contribution in [0, 0.1) is 5.82 Å². The van der Waals surface area contributed by atoms with Crippen LogP contribution in [0.25, 0.3) is 0 Å². The van der Waals surface area contributed by atoms with Crippen LogP contribution in [-0.4, -0.2) is 28.8 Å². The maximum atomic E-state index is 13.3. The molecule has 0 aliphatic heterocycles. The van der Waals surface area contributed by atoms with Crippen LogP contribution in [0.2, 0.25) is 5.02 Å². The van der Waals surface area contributed by atoms with E-state index >= 15 is 0 Å². The molecule has 5 nitrogen and oxygen atoms in total. The zero-order valence-electron chi connectivity index (χ0n) is 9.65. The Hall–Kier alpha value is -1.37. The molecule has 7 heteroatoms. The summed E-state index contributed by atoms with van der Waals surface area (Å²) in [5.74, 6) is -1.09. The number of benzene rings is 1. The molecule has 0 saturated carbocycles. The summed E-state index contributed by atoms with van der Waals surface area (Å²) in [5, 5.41) is 21.8. The molecule has 0 fully saturated rings. The van der Waals surface area contributed by atoms with Crippen molar-refractivity contribution in [2.75, 3.05) is 12.3 Å². The van der Waals surface area contributed by atoms with E-state index in [1.165, 1.54) is 6.92 Å². The van der Waals surface area contributed by atoms with Crippen molar-refractivity contribution in [3.05, 3.63) is 28.5 Å². The lowest BCUT2D eigenvalue weighted by Crippen LogP contribution is -2.34. The van der Waals surface area contributed by atoms with Gasteiger partial charge in [0.25, 0.3) is 0 Å². The van der Waals surface area contributed by atoms with Crippen LogP contribution in [0.3, 0.4) is 0 Å². The Morgan fingerprint density at radius 3 is 2.72 bits per heavy atom. The van der Waals surface area contributed by atoms with Crippen molar-refractivity contribution in [2.45, 2.75) is 19.1 Å². The Balaban J connectivity index is 2.86. The van der Waals surface area contributed by atoms with Gasteiger partial charge in [-0.3, -0.25) is 4.79 Å². The summed E-state index contributed by atoms with van der Waals surface area (Å²) >= 11 is 5.80. The van der Waals surface area contributed by atoms with Gasteiger partial charge in [-0.2, -0.15) is 0 Å². The van der Waals surface area contributed by atoms with Crippen molar-refractivity contribution >= 4 is 23.2 Å². The number of amides is 1. The fourth-order valence-corrected chi connectivity index (χ4v) is 1.66. The van der Waals surface area contributed by atoms with Crippen molar-refractivity contribution in [1.82, 2.24) is 5.32 Å². The second kappa shape index (κ2) is 5.99. The summed E-state index contributed by atoms with van der Waals surface area (Å²) in [6, 6.07) is 2.11. The van der Waals surface area contributed by atoms with Gasteiger partial charge in [-0.1, -0.05) is 11.6 Å². The number of halogens is 2. The lowest BCUT2D eigenvalue weighted by Gasteiger charge is -2.19. The first-order valence-electron chi connectivity index (χ1n) is 5.18. The molecular weight excluding hydrogens is 263 g/mol. The number of hydrogen-bond donors (Lipinski definition) is 4. The number of aliphatic hydroxyl groups excluding tert-OH is 2. The molecule has 0 bridgehead atoms. The molecule has 2 atom stereocenters. The second-order valence-electron chi connectivity index (χ2n) is 3.84. The van der Waals surface area contributed by atoms with Crippen molar-refractivity contribution in [3.63, 3.8) is 0 Å². The maximum absolute atomic E-state index is 13.3. The third-order valence-corrected chi connectivity index (χ3v) is 2.69. The molecule has 0 aliphatic rings. The molecule has 1 amide bonds. The van der Waals surface area contributed by atoms with Crippen LogP contribution in [0.4, 0.5) is 10.1 Å². The van der Waals surface area contributed by atoms with Gasteiger partial charge in [-0.15, -0.1) is 0 Å². The van der Waals surface area contributed by atoms with Gasteiger partial charge in [-0.25, -0.2) is 4.39 Å². The van der Waals surface area contributed by atoms with Gasteiger partial charge in [0, 0.05) is 24.1 Å². The minimum atomic E-state index is -1.42. The minimum Gasteiger partial charge on any atom is -0.396 e. The number of nitrogens with two attached hydrogens (primary N) is 1. The van der Waals surface area contributed by atoms with Crippen LogP contribution >= 0.6 is 11.6 Å². The van der Waals surface area contributed by atoms with Crippen molar-refractivity contribution in [3.8, 4) is 0 Å². The predicted molar refractivity (Wildman–Crippen MR) is 65.5 cm³/mol. The molecule has 0 aliphatic carbocycles. The molecule has 1 rings (SSSR count). The zero-order valence-corrected chi connectivity index (χ0v) is 10.4. The van der Waals surface area contributed by atoms with Gasteiger partial charge in [-0.05, 0) is 12.1 Å². The van der Waals surface area contributed by atoms with Gasteiger partial charge in [0.2, 0.25) is 5.91 Å². The Labute approximate surface area is 108 Å². The quantitative estimate of drug-likeness (QED) is 0.605. The van der Waals surface area contributed by atoms with E-state index in [-0.39, 0.29) is 28.7 Å². The average Bonchev–Trinajstić information content (AvgIpc) is 2.29. The molecule has 2 unspecified atom stereocenters. The lowest BCUT2D eigenvalue weighted by molar-refractivity contribution is -0.119. The number of anilines is 1. The highest BCUT2D eigenvalue weighted by atomic mass is 35.5. The monoisotopic (exact) mass is 276 g/mol. The van der Waals surface area contributed by atoms with E-state index in [4.69, 9.17) is 17.3 Å². The molecule has 5 N–H and O–H groups in total. The highest BCUT2D eigenvalue weighted by Crippen LogP contribution is 2.29. The summed E-state index contributed by atoms with van der Waals surface area (Å²) < 4.78 is 13.3. The van der Waals surface area contributed by atoms with E-state index in [0.717, 1.165) is 12.1 Å². The Morgan fingerprint density at radius 2 is 2.17 bits per heavy atom. The van der Waals surface area contributed by atoms with E-state index < -0.39 is 18.0 Å². The highest BCUT2D eigenvalue weighted by molar-refractivity contribution is 6.31. The Kier molecular flexibility index (Phi) is 4.89. The number of nitrogens with one attached hydrogen (secondary N) is 1. The van der Waals surface area contributed by atoms with Gasteiger partial charge in [0.15, 0.2) is 0 Å². The SMILES string of the molecule is CC(=O)NCC(O)C(O)c1cc(F)c(N)cc1Cl. The van der Waals surface area contributed by atoms with Crippen LogP contribution in [0.5, 0.6) is 0 Å². The zero-order chi connectivity index (χ0) is 13.9. The molecule has 0 radical (unpaired) electrons.